The summed E-state index contributed by atoms with van der Waals surface area (Å²) in [5.41, 5.74) is 8.99. The van der Waals surface area contributed by atoms with Crippen LogP contribution in [-0.2, 0) is 6.54 Å². The predicted molar refractivity (Wildman–Crippen MR) is 87.7 cm³/mol. The third-order valence-electron chi connectivity index (χ3n) is 3.29. The first-order valence-corrected chi connectivity index (χ1v) is 7.43. The second-order valence-corrected chi connectivity index (χ2v) is 5.63. The lowest BCUT2D eigenvalue weighted by Crippen LogP contribution is -2.03. The highest BCUT2D eigenvalue weighted by molar-refractivity contribution is 6.37. The van der Waals surface area contributed by atoms with Crippen molar-refractivity contribution < 1.29 is 0 Å². The summed E-state index contributed by atoms with van der Waals surface area (Å²) >= 11 is 12.2. The molecule has 0 spiro atoms. The van der Waals surface area contributed by atoms with Gasteiger partial charge in [0, 0.05) is 23.3 Å². The minimum atomic E-state index is 0.431. The van der Waals surface area contributed by atoms with E-state index in [4.69, 9.17) is 28.9 Å². The van der Waals surface area contributed by atoms with E-state index in [1.54, 1.807) is 18.3 Å². The van der Waals surface area contributed by atoms with Crippen LogP contribution in [0, 0.1) is 0 Å². The molecule has 0 bridgehead atoms. The molecule has 0 radical (unpaired) electrons. The SMILES string of the molecule is CCCn1c(-c2cc(Cl)cc(Cl)c2N)nc2cccnc21. The highest BCUT2D eigenvalue weighted by atomic mass is 35.5. The molecule has 3 aromatic rings. The smallest absolute Gasteiger partial charge is 0.160 e. The zero-order valence-electron chi connectivity index (χ0n) is 11.5. The summed E-state index contributed by atoms with van der Waals surface area (Å²) in [6, 6.07) is 7.22. The Balaban J connectivity index is 2.32. The van der Waals surface area contributed by atoms with Gasteiger partial charge in [0.05, 0.1) is 10.7 Å². The molecule has 0 saturated heterocycles. The second-order valence-electron chi connectivity index (χ2n) is 4.78. The number of fused-ring (bicyclic) bond motifs is 1. The molecule has 3 rings (SSSR count). The number of aryl methyl sites for hydroxylation is 1. The Hall–Kier alpha value is -1.78. The number of anilines is 1. The van der Waals surface area contributed by atoms with Gasteiger partial charge in [0.2, 0.25) is 0 Å². The summed E-state index contributed by atoms with van der Waals surface area (Å²) in [4.78, 5) is 9.06. The molecule has 2 aromatic heterocycles. The number of rotatable bonds is 3. The van der Waals surface area contributed by atoms with Gasteiger partial charge in [0.25, 0.3) is 0 Å². The van der Waals surface area contributed by atoms with E-state index in [9.17, 15) is 0 Å². The minimum absolute atomic E-state index is 0.431. The zero-order valence-corrected chi connectivity index (χ0v) is 13.0. The Morgan fingerprint density at radius 3 is 2.86 bits per heavy atom. The van der Waals surface area contributed by atoms with Crippen LogP contribution in [0.1, 0.15) is 13.3 Å². The van der Waals surface area contributed by atoms with Gasteiger partial charge in [-0.2, -0.15) is 0 Å². The number of nitrogen functional groups attached to an aromatic ring is 1. The van der Waals surface area contributed by atoms with Crippen molar-refractivity contribution in [3.05, 3.63) is 40.5 Å². The first kappa shape index (κ1) is 14.2. The number of nitrogens with two attached hydrogens (primary N) is 1. The highest BCUT2D eigenvalue weighted by Gasteiger charge is 2.17. The first-order chi connectivity index (χ1) is 10.1. The lowest BCUT2D eigenvalue weighted by molar-refractivity contribution is 0.698. The monoisotopic (exact) mass is 320 g/mol. The molecule has 0 saturated carbocycles. The number of aromatic nitrogens is 3. The fourth-order valence-electron chi connectivity index (χ4n) is 2.37. The van der Waals surface area contributed by atoms with Gasteiger partial charge in [-0.1, -0.05) is 30.1 Å². The number of hydrogen-bond acceptors (Lipinski definition) is 3. The average molecular weight is 321 g/mol. The average Bonchev–Trinajstić information content (AvgIpc) is 2.82. The Labute approximate surface area is 132 Å². The van der Waals surface area contributed by atoms with Crippen molar-refractivity contribution in [3.8, 4) is 11.4 Å². The molecule has 0 aliphatic rings. The van der Waals surface area contributed by atoms with Crippen LogP contribution in [0.15, 0.2) is 30.5 Å². The molecular formula is C15H14Cl2N4. The minimum Gasteiger partial charge on any atom is -0.397 e. The van der Waals surface area contributed by atoms with Crippen LogP contribution in [0.25, 0.3) is 22.6 Å². The van der Waals surface area contributed by atoms with E-state index in [1.165, 1.54) is 0 Å². The molecule has 0 aliphatic carbocycles. The van der Waals surface area contributed by atoms with Gasteiger partial charge in [-0.05, 0) is 30.7 Å². The molecule has 0 amide bonds. The second kappa shape index (κ2) is 5.54. The van der Waals surface area contributed by atoms with Crippen molar-refractivity contribution in [1.82, 2.24) is 14.5 Å². The van der Waals surface area contributed by atoms with Gasteiger partial charge >= 0.3 is 0 Å². The fourth-order valence-corrected chi connectivity index (χ4v) is 2.86. The number of hydrogen-bond donors (Lipinski definition) is 1. The largest absolute Gasteiger partial charge is 0.397 e. The number of halogens is 2. The number of imidazole rings is 1. The van der Waals surface area contributed by atoms with E-state index in [0.717, 1.165) is 35.5 Å². The van der Waals surface area contributed by atoms with Crippen molar-refractivity contribution in [2.75, 3.05) is 5.73 Å². The van der Waals surface area contributed by atoms with Gasteiger partial charge in [0.15, 0.2) is 5.65 Å². The van der Waals surface area contributed by atoms with E-state index in [2.05, 4.69) is 16.9 Å². The Bertz CT molecular complexity index is 811. The molecule has 2 N–H and O–H groups in total. The third kappa shape index (κ3) is 2.45. The Morgan fingerprint density at radius 2 is 2.10 bits per heavy atom. The molecule has 0 unspecified atom stereocenters. The van der Waals surface area contributed by atoms with E-state index < -0.39 is 0 Å². The van der Waals surface area contributed by atoms with Crippen LogP contribution in [0.5, 0.6) is 0 Å². The summed E-state index contributed by atoms with van der Waals surface area (Å²) in [5.74, 6) is 0.743. The van der Waals surface area contributed by atoms with E-state index >= 15 is 0 Å². The Kier molecular flexibility index (Phi) is 3.74. The summed E-state index contributed by atoms with van der Waals surface area (Å²) in [5, 5.41) is 0.966. The van der Waals surface area contributed by atoms with Crippen molar-refractivity contribution >= 4 is 40.1 Å². The topological polar surface area (TPSA) is 56.7 Å². The van der Waals surface area contributed by atoms with E-state index in [-0.39, 0.29) is 0 Å². The van der Waals surface area contributed by atoms with Gasteiger partial charge in [-0.3, -0.25) is 0 Å². The van der Waals surface area contributed by atoms with Crippen LogP contribution in [-0.4, -0.2) is 14.5 Å². The van der Waals surface area contributed by atoms with Crippen molar-refractivity contribution in [1.29, 1.82) is 0 Å². The molecule has 1 aromatic carbocycles. The Morgan fingerprint density at radius 1 is 1.29 bits per heavy atom. The first-order valence-electron chi connectivity index (χ1n) is 6.68. The van der Waals surface area contributed by atoms with Gasteiger partial charge in [-0.25, -0.2) is 9.97 Å². The molecule has 0 fully saturated rings. The molecule has 6 heteroatoms. The molecule has 21 heavy (non-hydrogen) atoms. The van der Waals surface area contributed by atoms with E-state index in [1.807, 2.05) is 16.7 Å². The molecule has 4 nitrogen and oxygen atoms in total. The fraction of sp³-hybridized carbons (Fsp3) is 0.200. The highest BCUT2D eigenvalue weighted by Crippen LogP contribution is 2.35. The summed E-state index contributed by atoms with van der Waals surface area (Å²) in [7, 11) is 0. The standard InChI is InChI=1S/C15H14Cl2N4/c1-2-6-21-14(20-12-4-3-5-19-15(12)21)10-7-9(16)8-11(17)13(10)18/h3-5,7-8H,2,6,18H2,1H3. The van der Waals surface area contributed by atoms with Crippen LogP contribution < -0.4 is 5.73 Å². The van der Waals surface area contributed by atoms with Gasteiger partial charge in [-0.15, -0.1) is 0 Å². The quantitative estimate of drug-likeness (QED) is 0.728. The molecule has 108 valence electrons. The molecular weight excluding hydrogens is 307 g/mol. The maximum Gasteiger partial charge on any atom is 0.160 e. The summed E-state index contributed by atoms with van der Waals surface area (Å²) in [6.45, 7) is 2.90. The third-order valence-corrected chi connectivity index (χ3v) is 3.82. The zero-order chi connectivity index (χ0) is 15.0. The maximum absolute atomic E-state index is 6.14. The molecule has 0 atom stereocenters. The number of pyridine rings is 1. The van der Waals surface area contributed by atoms with Crippen molar-refractivity contribution in [2.24, 2.45) is 0 Å². The normalized spacial score (nSPS) is 11.2. The number of nitrogens with zero attached hydrogens (tertiary/aromatic N) is 3. The van der Waals surface area contributed by atoms with Crippen LogP contribution in [0.2, 0.25) is 10.0 Å². The maximum atomic E-state index is 6.14. The van der Waals surface area contributed by atoms with Crippen molar-refractivity contribution in [2.45, 2.75) is 19.9 Å². The van der Waals surface area contributed by atoms with Gasteiger partial charge in [0.1, 0.15) is 11.3 Å². The van der Waals surface area contributed by atoms with Crippen LogP contribution in [0.3, 0.4) is 0 Å². The van der Waals surface area contributed by atoms with Crippen LogP contribution in [0.4, 0.5) is 5.69 Å². The lowest BCUT2D eigenvalue weighted by Gasteiger charge is -2.11. The summed E-state index contributed by atoms with van der Waals surface area (Å²) < 4.78 is 2.05. The van der Waals surface area contributed by atoms with E-state index in [0.29, 0.717) is 15.7 Å². The lowest BCUT2D eigenvalue weighted by atomic mass is 10.1. The van der Waals surface area contributed by atoms with Crippen molar-refractivity contribution in [3.63, 3.8) is 0 Å². The predicted octanol–water partition coefficient (Wildman–Crippen LogP) is 4.40. The van der Waals surface area contributed by atoms with Gasteiger partial charge < -0.3 is 10.3 Å². The molecule has 2 heterocycles. The van der Waals surface area contributed by atoms with Crippen LogP contribution >= 0.6 is 23.2 Å². The number of benzene rings is 1. The molecule has 0 aliphatic heterocycles. The summed E-state index contributed by atoms with van der Waals surface area (Å²) in [6.07, 6.45) is 2.72.